The van der Waals surface area contributed by atoms with Crippen LogP contribution >= 0.6 is 24.4 Å². The van der Waals surface area contributed by atoms with Crippen molar-refractivity contribution in [3.63, 3.8) is 0 Å². The van der Waals surface area contributed by atoms with Crippen LogP contribution in [0.5, 0.6) is 0 Å². The van der Waals surface area contributed by atoms with Crippen LogP contribution in [0.4, 0.5) is 5.69 Å². The van der Waals surface area contributed by atoms with Crippen molar-refractivity contribution in [2.24, 2.45) is 0 Å². The number of allylic oxidation sites excluding steroid dienone is 3. The molecule has 0 heterocycles. The second kappa shape index (κ2) is 5.55. The van der Waals surface area contributed by atoms with Gasteiger partial charge in [0.25, 0.3) is 0 Å². The average molecular weight is 273 g/mol. The lowest BCUT2D eigenvalue weighted by Gasteiger charge is -2.16. The zero-order chi connectivity index (χ0) is 13.1. The Hall–Kier alpha value is -1.32. The fourth-order valence-corrected chi connectivity index (χ4v) is 2.45. The van der Waals surface area contributed by atoms with E-state index in [0.717, 1.165) is 22.5 Å². The molecule has 0 spiro atoms. The predicted octanol–water partition coefficient (Wildman–Crippen LogP) is 4.30. The largest absolute Gasteiger partial charge is 0.346 e. The molecule has 0 unspecified atom stereocenters. The molecular weight excluding hydrogens is 258 g/mol. The molecular formula is C15H15NS2. The highest BCUT2D eigenvalue weighted by molar-refractivity contribution is 7.83. The molecule has 0 saturated heterocycles. The van der Waals surface area contributed by atoms with Crippen molar-refractivity contribution in [2.45, 2.75) is 20.3 Å². The van der Waals surface area contributed by atoms with Crippen molar-refractivity contribution < 1.29 is 0 Å². The maximum Gasteiger partial charge on any atom is 0.112 e. The van der Waals surface area contributed by atoms with Crippen LogP contribution in [-0.2, 0) is 0 Å². The lowest BCUT2D eigenvalue weighted by Crippen LogP contribution is -2.19. The van der Waals surface area contributed by atoms with Gasteiger partial charge in [-0.1, -0.05) is 54.8 Å². The number of hydrogen-bond donors (Lipinski definition) is 1. The van der Waals surface area contributed by atoms with Gasteiger partial charge in [-0.2, -0.15) is 0 Å². The summed E-state index contributed by atoms with van der Waals surface area (Å²) in [7, 11) is 0. The quantitative estimate of drug-likeness (QED) is 0.807. The first kappa shape index (κ1) is 13.1. The Kier molecular flexibility index (Phi) is 4.04. The number of nitrogens with one attached hydrogen (secondary N) is 1. The molecule has 92 valence electrons. The molecule has 3 heteroatoms. The lowest BCUT2D eigenvalue weighted by molar-refractivity contribution is 1.34. The molecule has 0 aromatic heterocycles. The van der Waals surface area contributed by atoms with Crippen molar-refractivity contribution >= 4 is 40.0 Å². The number of rotatable bonds is 2. The highest BCUT2D eigenvalue weighted by atomic mass is 32.1. The summed E-state index contributed by atoms with van der Waals surface area (Å²) in [5.74, 6) is 0. The van der Waals surface area contributed by atoms with Crippen LogP contribution in [0.25, 0.3) is 0 Å². The number of hydrogen-bond acceptors (Lipinski definition) is 2. The summed E-state index contributed by atoms with van der Waals surface area (Å²) in [5, 5.41) is 3.29. The van der Waals surface area contributed by atoms with Crippen LogP contribution in [0, 0.1) is 13.8 Å². The number of benzene rings is 1. The summed E-state index contributed by atoms with van der Waals surface area (Å²) < 4.78 is 0. The summed E-state index contributed by atoms with van der Waals surface area (Å²) in [6.45, 7) is 4.19. The van der Waals surface area contributed by atoms with Crippen molar-refractivity contribution in [1.29, 1.82) is 0 Å². The van der Waals surface area contributed by atoms with Crippen LogP contribution in [0.15, 0.2) is 42.0 Å². The maximum atomic E-state index is 5.44. The molecule has 1 N–H and O–H groups in total. The highest BCUT2D eigenvalue weighted by Crippen LogP contribution is 2.20. The molecule has 0 atom stereocenters. The maximum absolute atomic E-state index is 5.44. The van der Waals surface area contributed by atoms with Crippen LogP contribution in [0.1, 0.15) is 17.5 Å². The zero-order valence-corrected chi connectivity index (χ0v) is 12.1. The van der Waals surface area contributed by atoms with Gasteiger partial charge in [0.1, 0.15) is 4.99 Å². The van der Waals surface area contributed by atoms with E-state index in [1.807, 2.05) is 30.4 Å². The minimum Gasteiger partial charge on any atom is -0.346 e. The van der Waals surface area contributed by atoms with Crippen LogP contribution in [-0.4, -0.2) is 9.85 Å². The Labute approximate surface area is 119 Å². The Morgan fingerprint density at radius 1 is 1.28 bits per heavy atom. The van der Waals surface area contributed by atoms with Gasteiger partial charge in [-0.05, 0) is 31.0 Å². The van der Waals surface area contributed by atoms with E-state index >= 15 is 0 Å². The number of aryl methyl sites for hydroxylation is 1. The van der Waals surface area contributed by atoms with Crippen LogP contribution in [0.3, 0.4) is 0 Å². The Balaban J connectivity index is 2.22. The molecule has 0 fully saturated rings. The molecule has 0 bridgehead atoms. The SMILES string of the molecule is Cc1cccc(NC(=S)C2=CC=CCC2=S)c1C. The van der Waals surface area contributed by atoms with Gasteiger partial charge in [-0.15, -0.1) is 0 Å². The molecule has 2 rings (SSSR count). The molecule has 0 aliphatic heterocycles. The third kappa shape index (κ3) is 2.74. The molecule has 0 radical (unpaired) electrons. The minimum atomic E-state index is 0.707. The minimum absolute atomic E-state index is 0.707. The van der Waals surface area contributed by atoms with Crippen molar-refractivity contribution in [2.75, 3.05) is 5.32 Å². The summed E-state index contributed by atoms with van der Waals surface area (Å²) in [4.78, 5) is 1.61. The van der Waals surface area contributed by atoms with Gasteiger partial charge in [0.15, 0.2) is 0 Å². The van der Waals surface area contributed by atoms with E-state index < -0.39 is 0 Å². The van der Waals surface area contributed by atoms with E-state index in [2.05, 4.69) is 25.2 Å². The topological polar surface area (TPSA) is 12.0 Å². The Bertz CT molecular complexity index is 568. The van der Waals surface area contributed by atoms with Crippen molar-refractivity contribution in [3.8, 4) is 0 Å². The first-order chi connectivity index (χ1) is 8.59. The fraction of sp³-hybridized carbons (Fsp3) is 0.200. The zero-order valence-electron chi connectivity index (χ0n) is 10.5. The van der Waals surface area contributed by atoms with E-state index in [4.69, 9.17) is 24.4 Å². The van der Waals surface area contributed by atoms with E-state index in [0.29, 0.717) is 4.99 Å². The van der Waals surface area contributed by atoms with Gasteiger partial charge in [-0.3, -0.25) is 0 Å². The van der Waals surface area contributed by atoms with Gasteiger partial charge >= 0.3 is 0 Å². The third-order valence-electron chi connectivity index (χ3n) is 3.10. The summed E-state index contributed by atoms with van der Waals surface area (Å²) in [6, 6.07) is 6.16. The molecule has 1 aliphatic carbocycles. The summed E-state index contributed by atoms with van der Waals surface area (Å²) in [6.07, 6.45) is 6.83. The van der Waals surface area contributed by atoms with E-state index in [-0.39, 0.29) is 0 Å². The van der Waals surface area contributed by atoms with Crippen LogP contribution < -0.4 is 5.32 Å². The lowest BCUT2D eigenvalue weighted by atomic mass is 10.0. The third-order valence-corrected chi connectivity index (χ3v) is 3.81. The second-order valence-electron chi connectivity index (χ2n) is 4.34. The normalized spacial score (nSPS) is 14.3. The molecule has 1 aliphatic rings. The molecule has 1 nitrogen and oxygen atoms in total. The first-order valence-corrected chi connectivity index (χ1v) is 6.69. The molecule has 1 aromatic rings. The van der Waals surface area contributed by atoms with Gasteiger partial charge in [-0.25, -0.2) is 0 Å². The second-order valence-corrected chi connectivity index (χ2v) is 5.24. The van der Waals surface area contributed by atoms with Gasteiger partial charge in [0.2, 0.25) is 0 Å². The smallest absolute Gasteiger partial charge is 0.112 e. The standard InChI is InChI=1S/C15H15NS2/c1-10-6-5-8-13(11(10)2)16-15(18)12-7-3-4-9-14(12)17/h3-8H,9H2,1-2H3,(H,16,18). The fourth-order valence-electron chi connectivity index (χ4n) is 1.82. The van der Waals surface area contributed by atoms with Gasteiger partial charge in [0, 0.05) is 22.5 Å². The molecule has 0 amide bonds. The number of anilines is 1. The van der Waals surface area contributed by atoms with E-state index in [1.165, 1.54) is 11.1 Å². The average Bonchev–Trinajstić information content (AvgIpc) is 2.35. The van der Waals surface area contributed by atoms with Crippen LogP contribution in [0.2, 0.25) is 0 Å². The Morgan fingerprint density at radius 2 is 2.06 bits per heavy atom. The first-order valence-electron chi connectivity index (χ1n) is 5.87. The molecule has 0 saturated carbocycles. The summed E-state index contributed by atoms with van der Waals surface area (Å²) >= 11 is 10.8. The molecule has 18 heavy (non-hydrogen) atoms. The monoisotopic (exact) mass is 273 g/mol. The van der Waals surface area contributed by atoms with E-state index in [9.17, 15) is 0 Å². The van der Waals surface area contributed by atoms with Gasteiger partial charge < -0.3 is 5.32 Å². The highest BCUT2D eigenvalue weighted by Gasteiger charge is 2.12. The summed E-state index contributed by atoms with van der Waals surface area (Å²) in [5.41, 5.74) is 4.49. The van der Waals surface area contributed by atoms with Crippen molar-refractivity contribution in [1.82, 2.24) is 0 Å². The predicted molar refractivity (Wildman–Crippen MR) is 86.6 cm³/mol. The van der Waals surface area contributed by atoms with Crippen molar-refractivity contribution in [3.05, 3.63) is 53.1 Å². The van der Waals surface area contributed by atoms with Gasteiger partial charge in [0.05, 0.1) is 0 Å². The van der Waals surface area contributed by atoms with E-state index in [1.54, 1.807) is 0 Å². The Morgan fingerprint density at radius 3 is 2.78 bits per heavy atom. The molecule has 1 aromatic carbocycles. The number of thiocarbonyl (C=S) groups is 2.